The van der Waals surface area contributed by atoms with Crippen LogP contribution in [0.2, 0.25) is 5.02 Å². The maximum Gasteiger partial charge on any atom is 0.141 e. The van der Waals surface area contributed by atoms with Crippen LogP contribution in [0.15, 0.2) is 48.5 Å². The van der Waals surface area contributed by atoms with Crippen molar-refractivity contribution >= 4 is 17.3 Å². The highest BCUT2D eigenvalue weighted by Crippen LogP contribution is 2.19. The van der Waals surface area contributed by atoms with E-state index in [-0.39, 0.29) is 5.02 Å². The lowest BCUT2D eigenvalue weighted by atomic mass is 10.3. The largest absolute Gasteiger partial charge is 0.494 e. The van der Waals surface area contributed by atoms with E-state index in [0.29, 0.717) is 6.61 Å². The van der Waals surface area contributed by atoms with Crippen LogP contribution in [0.4, 0.5) is 10.1 Å². The topological polar surface area (TPSA) is 21.3 Å². The molecule has 4 heteroatoms. The first-order valence-corrected chi connectivity index (χ1v) is 6.50. The summed E-state index contributed by atoms with van der Waals surface area (Å²) in [6.07, 6.45) is 0.851. The second-order valence-corrected chi connectivity index (χ2v) is 4.48. The van der Waals surface area contributed by atoms with Gasteiger partial charge in [0, 0.05) is 12.2 Å². The zero-order valence-corrected chi connectivity index (χ0v) is 11.2. The molecule has 1 N–H and O–H groups in total. The van der Waals surface area contributed by atoms with Gasteiger partial charge in [-0.25, -0.2) is 4.39 Å². The smallest absolute Gasteiger partial charge is 0.141 e. The summed E-state index contributed by atoms with van der Waals surface area (Å²) >= 11 is 5.69. The molecule has 0 saturated carbocycles. The lowest BCUT2D eigenvalue weighted by Gasteiger charge is -2.08. The molecule has 0 aliphatic rings. The maximum absolute atomic E-state index is 12.9. The van der Waals surface area contributed by atoms with Crippen LogP contribution >= 0.6 is 11.6 Å². The molecule has 2 aromatic carbocycles. The van der Waals surface area contributed by atoms with Gasteiger partial charge in [0.2, 0.25) is 0 Å². The Bertz CT molecular complexity index is 519. The molecule has 0 aliphatic carbocycles. The van der Waals surface area contributed by atoms with Crippen LogP contribution in [0.1, 0.15) is 6.42 Å². The van der Waals surface area contributed by atoms with E-state index in [2.05, 4.69) is 5.32 Å². The number of hydrogen-bond acceptors (Lipinski definition) is 2. The molecule has 2 rings (SSSR count). The molecular formula is C15H15ClFNO. The van der Waals surface area contributed by atoms with Gasteiger partial charge < -0.3 is 10.1 Å². The average molecular weight is 280 g/mol. The number of anilines is 1. The lowest BCUT2D eigenvalue weighted by molar-refractivity contribution is 0.315. The van der Waals surface area contributed by atoms with Crippen LogP contribution in [0.3, 0.4) is 0 Å². The molecular weight excluding hydrogens is 265 g/mol. The fourth-order valence-electron chi connectivity index (χ4n) is 1.62. The van der Waals surface area contributed by atoms with Crippen molar-refractivity contribution in [1.82, 2.24) is 0 Å². The minimum atomic E-state index is -0.403. The van der Waals surface area contributed by atoms with Gasteiger partial charge in [0.05, 0.1) is 11.6 Å². The molecule has 0 aliphatic heterocycles. The first kappa shape index (κ1) is 13.7. The van der Waals surface area contributed by atoms with E-state index >= 15 is 0 Å². The molecule has 2 aromatic rings. The molecule has 0 radical (unpaired) electrons. The quantitative estimate of drug-likeness (QED) is 0.793. The number of rotatable bonds is 6. The van der Waals surface area contributed by atoms with Gasteiger partial charge in [-0.15, -0.1) is 0 Å². The molecule has 0 bridgehead atoms. The molecule has 0 heterocycles. The van der Waals surface area contributed by atoms with E-state index in [0.717, 1.165) is 24.4 Å². The van der Waals surface area contributed by atoms with E-state index in [9.17, 15) is 4.39 Å². The molecule has 19 heavy (non-hydrogen) atoms. The SMILES string of the molecule is Fc1ccc(NCCCOc2ccccc2)cc1Cl. The number of nitrogens with one attached hydrogen (secondary N) is 1. The fourth-order valence-corrected chi connectivity index (χ4v) is 1.80. The Labute approximate surface area is 117 Å². The Balaban J connectivity index is 1.68. The highest BCUT2D eigenvalue weighted by Gasteiger charge is 2.00. The summed E-state index contributed by atoms with van der Waals surface area (Å²) in [6, 6.07) is 14.3. The van der Waals surface area contributed by atoms with E-state index in [1.807, 2.05) is 30.3 Å². The Morgan fingerprint density at radius 2 is 1.89 bits per heavy atom. The average Bonchev–Trinajstić information content (AvgIpc) is 2.43. The van der Waals surface area contributed by atoms with Gasteiger partial charge in [-0.05, 0) is 36.8 Å². The summed E-state index contributed by atoms with van der Waals surface area (Å²) in [7, 11) is 0. The first-order valence-electron chi connectivity index (χ1n) is 6.12. The Morgan fingerprint density at radius 3 is 2.63 bits per heavy atom. The molecule has 0 atom stereocenters. The first-order chi connectivity index (χ1) is 9.25. The molecule has 0 spiro atoms. The van der Waals surface area contributed by atoms with Crippen LogP contribution in [-0.4, -0.2) is 13.2 Å². The van der Waals surface area contributed by atoms with Crippen LogP contribution in [-0.2, 0) is 0 Å². The number of hydrogen-bond donors (Lipinski definition) is 1. The van der Waals surface area contributed by atoms with Gasteiger partial charge in [-0.2, -0.15) is 0 Å². The minimum absolute atomic E-state index is 0.130. The summed E-state index contributed by atoms with van der Waals surface area (Å²) in [5, 5.41) is 3.30. The summed E-state index contributed by atoms with van der Waals surface area (Å²) in [5.41, 5.74) is 0.811. The Kier molecular flexibility index (Phi) is 5.04. The Hall–Kier alpha value is -1.74. The third kappa shape index (κ3) is 4.45. The van der Waals surface area contributed by atoms with E-state index in [1.54, 1.807) is 12.1 Å². The van der Waals surface area contributed by atoms with Crippen LogP contribution in [0.5, 0.6) is 5.75 Å². The predicted octanol–water partition coefficient (Wildman–Crippen LogP) is 4.36. The monoisotopic (exact) mass is 279 g/mol. The molecule has 0 fully saturated rings. The molecule has 0 amide bonds. The van der Waals surface area contributed by atoms with Gasteiger partial charge >= 0.3 is 0 Å². The molecule has 0 saturated heterocycles. The summed E-state index contributed by atoms with van der Waals surface area (Å²) in [4.78, 5) is 0. The van der Waals surface area contributed by atoms with Crippen molar-refractivity contribution in [1.29, 1.82) is 0 Å². The number of ether oxygens (including phenoxy) is 1. The molecule has 100 valence electrons. The molecule has 0 aromatic heterocycles. The van der Waals surface area contributed by atoms with Crippen molar-refractivity contribution in [3.8, 4) is 5.75 Å². The molecule has 2 nitrogen and oxygen atoms in total. The van der Waals surface area contributed by atoms with E-state index in [1.165, 1.54) is 6.07 Å². The van der Waals surface area contributed by atoms with Gasteiger partial charge in [0.25, 0.3) is 0 Å². The van der Waals surface area contributed by atoms with Gasteiger partial charge in [-0.1, -0.05) is 29.8 Å². The zero-order chi connectivity index (χ0) is 13.5. The van der Waals surface area contributed by atoms with Crippen molar-refractivity contribution in [3.63, 3.8) is 0 Å². The fraction of sp³-hybridized carbons (Fsp3) is 0.200. The van der Waals surface area contributed by atoms with Gasteiger partial charge in [0.15, 0.2) is 0 Å². The minimum Gasteiger partial charge on any atom is -0.494 e. The van der Waals surface area contributed by atoms with Crippen molar-refractivity contribution < 1.29 is 9.13 Å². The second-order valence-electron chi connectivity index (χ2n) is 4.07. The van der Waals surface area contributed by atoms with Crippen molar-refractivity contribution in [2.75, 3.05) is 18.5 Å². The summed E-state index contributed by atoms with van der Waals surface area (Å²) in [6.45, 7) is 1.38. The van der Waals surface area contributed by atoms with Gasteiger partial charge in [-0.3, -0.25) is 0 Å². The highest BCUT2D eigenvalue weighted by atomic mass is 35.5. The van der Waals surface area contributed by atoms with Crippen LogP contribution in [0.25, 0.3) is 0 Å². The number of benzene rings is 2. The van der Waals surface area contributed by atoms with E-state index in [4.69, 9.17) is 16.3 Å². The Morgan fingerprint density at radius 1 is 1.11 bits per heavy atom. The summed E-state index contributed by atoms with van der Waals surface area (Å²) in [5.74, 6) is 0.465. The van der Waals surface area contributed by atoms with Crippen molar-refractivity contribution in [3.05, 3.63) is 59.4 Å². The normalized spacial score (nSPS) is 10.2. The zero-order valence-electron chi connectivity index (χ0n) is 10.4. The van der Waals surface area contributed by atoms with Crippen LogP contribution < -0.4 is 10.1 Å². The van der Waals surface area contributed by atoms with Crippen LogP contribution in [0, 0.1) is 5.82 Å². The lowest BCUT2D eigenvalue weighted by Crippen LogP contribution is -2.07. The number of para-hydroxylation sites is 1. The second kappa shape index (κ2) is 7.00. The van der Waals surface area contributed by atoms with Crippen molar-refractivity contribution in [2.24, 2.45) is 0 Å². The maximum atomic E-state index is 12.9. The van der Waals surface area contributed by atoms with Gasteiger partial charge in [0.1, 0.15) is 11.6 Å². The predicted molar refractivity (Wildman–Crippen MR) is 76.5 cm³/mol. The third-order valence-corrected chi connectivity index (χ3v) is 2.87. The highest BCUT2D eigenvalue weighted by molar-refractivity contribution is 6.31. The summed E-state index contributed by atoms with van der Waals surface area (Å²) < 4.78 is 18.5. The molecule has 0 unspecified atom stereocenters. The number of halogens is 2. The standard InChI is InChI=1S/C15H15ClFNO/c16-14-11-12(7-8-15(14)17)18-9-4-10-19-13-5-2-1-3-6-13/h1-3,5-8,11,18H,4,9-10H2. The van der Waals surface area contributed by atoms with Crippen molar-refractivity contribution in [2.45, 2.75) is 6.42 Å². The van der Waals surface area contributed by atoms with E-state index < -0.39 is 5.82 Å². The third-order valence-electron chi connectivity index (χ3n) is 2.58.